The van der Waals surface area contributed by atoms with Crippen molar-refractivity contribution in [1.29, 1.82) is 0 Å². The normalized spacial score (nSPS) is 21.4. The van der Waals surface area contributed by atoms with Crippen LogP contribution in [0.5, 0.6) is 0 Å². The number of aromatic nitrogens is 1. The maximum Gasteiger partial charge on any atom is 0.108 e. The topological polar surface area (TPSA) is 25.2 Å². The number of para-hydroxylation sites is 1. The van der Waals surface area contributed by atoms with Crippen molar-refractivity contribution in [2.24, 2.45) is 10.9 Å². The Morgan fingerprint density at radius 2 is 1.88 bits per heavy atom. The zero-order chi connectivity index (χ0) is 16.2. The molecule has 2 heterocycles. The van der Waals surface area contributed by atoms with Gasteiger partial charge in [-0.25, -0.2) is 4.98 Å². The maximum absolute atomic E-state index is 4.66. The molecule has 0 saturated heterocycles. The van der Waals surface area contributed by atoms with Crippen LogP contribution in [0.15, 0.2) is 83.9 Å². The lowest BCUT2D eigenvalue weighted by atomic mass is 9.92. The Bertz CT molecular complexity index is 978. The van der Waals surface area contributed by atoms with Crippen molar-refractivity contribution in [2.75, 3.05) is 0 Å². The molecular weight excluding hydrogens is 292 g/mol. The fourth-order valence-electron chi connectivity index (χ4n) is 2.82. The van der Waals surface area contributed by atoms with Gasteiger partial charge in [0.05, 0.1) is 17.3 Å². The first kappa shape index (κ1) is 14.4. The molecule has 4 rings (SSSR count). The van der Waals surface area contributed by atoms with Crippen LogP contribution >= 0.6 is 0 Å². The summed E-state index contributed by atoms with van der Waals surface area (Å²) in [4.78, 5) is 9.26. The highest BCUT2D eigenvalue weighted by Crippen LogP contribution is 2.20. The number of dihydropyridines is 1. The van der Waals surface area contributed by atoms with E-state index < -0.39 is 0 Å². The molecule has 1 aromatic heterocycles. The van der Waals surface area contributed by atoms with Crippen LogP contribution < -0.4 is 0 Å². The molecule has 0 saturated carbocycles. The average Bonchev–Trinajstić information content (AvgIpc) is 2.65. The molecule has 0 fully saturated rings. The van der Waals surface area contributed by atoms with Crippen LogP contribution in [0.3, 0.4) is 0 Å². The van der Waals surface area contributed by atoms with Crippen molar-refractivity contribution in [3.05, 3.63) is 84.6 Å². The molecule has 0 radical (unpaired) electrons. The third-order valence-electron chi connectivity index (χ3n) is 4.07. The van der Waals surface area contributed by atoms with E-state index in [1.54, 1.807) is 0 Å². The quantitative estimate of drug-likeness (QED) is 0.718. The SMILES string of the molecule is C(#CC1=NC2C=CC=CC2C=C1)/C=C/c1ccc2ccccc2n1. The number of fused-ring (bicyclic) bond motifs is 2. The van der Waals surface area contributed by atoms with Crippen molar-refractivity contribution in [1.82, 2.24) is 4.98 Å². The van der Waals surface area contributed by atoms with Gasteiger partial charge in [0.25, 0.3) is 0 Å². The maximum atomic E-state index is 4.66. The van der Waals surface area contributed by atoms with E-state index in [-0.39, 0.29) is 6.04 Å². The van der Waals surface area contributed by atoms with Crippen LogP contribution in [0.4, 0.5) is 0 Å². The third kappa shape index (κ3) is 3.11. The summed E-state index contributed by atoms with van der Waals surface area (Å²) < 4.78 is 0. The van der Waals surface area contributed by atoms with Crippen molar-refractivity contribution >= 4 is 22.7 Å². The average molecular weight is 308 g/mol. The summed E-state index contributed by atoms with van der Waals surface area (Å²) in [7, 11) is 0. The van der Waals surface area contributed by atoms with Gasteiger partial charge in [-0.1, -0.05) is 60.6 Å². The molecule has 0 N–H and O–H groups in total. The minimum absolute atomic E-state index is 0.190. The van der Waals surface area contributed by atoms with Gasteiger partial charge in [0.1, 0.15) is 5.71 Å². The lowest BCUT2D eigenvalue weighted by molar-refractivity contribution is 0.681. The fraction of sp³-hybridized carbons (Fsp3) is 0.0909. The minimum atomic E-state index is 0.190. The van der Waals surface area contributed by atoms with Gasteiger partial charge in [0.2, 0.25) is 0 Å². The summed E-state index contributed by atoms with van der Waals surface area (Å²) in [5.41, 5.74) is 2.73. The first-order valence-corrected chi connectivity index (χ1v) is 8.03. The van der Waals surface area contributed by atoms with E-state index in [2.05, 4.69) is 58.3 Å². The van der Waals surface area contributed by atoms with E-state index in [9.17, 15) is 0 Å². The molecule has 2 unspecified atom stereocenters. The van der Waals surface area contributed by atoms with Crippen LogP contribution in [0.2, 0.25) is 0 Å². The Labute approximate surface area is 141 Å². The number of hydrogen-bond acceptors (Lipinski definition) is 2. The van der Waals surface area contributed by atoms with E-state index in [0.717, 1.165) is 22.3 Å². The van der Waals surface area contributed by atoms with E-state index in [1.807, 2.05) is 48.6 Å². The minimum Gasteiger partial charge on any atom is -0.268 e. The molecule has 0 bridgehead atoms. The predicted octanol–water partition coefficient (Wildman–Crippen LogP) is 4.37. The van der Waals surface area contributed by atoms with Gasteiger partial charge in [0.15, 0.2) is 0 Å². The van der Waals surface area contributed by atoms with Gasteiger partial charge in [-0.15, -0.1) is 0 Å². The standard InChI is InChI=1S/C22H16N2/c1-5-11-21-17(7-1)13-15-19(23-21)9-3-4-10-20-16-14-18-8-2-6-12-22(18)24-20/h1-3,5-9,11-16,18,22H/b9-3+. The summed E-state index contributed by atoms with van der Waals surface area (Å²) >= 11 is 0. The Morgan fingerprint density at radius 1 is 0.958 bits per heavy atom. The highest BCUT2D eigenvalue weighted by molar-refractivity contribution is 6.09. The summed E-state index contributed by atoms with van der Waals surface area (Å²) in [6.07, 6.45) is 16.3. The molecule has 24 heavy (non-hydrogen) atoms. The molecule has 1 aliphatic carbocycles. The Morgan fingerprint density at radius 3 is 2.88 bits per heavy atom. The third-order valence-corrected chi connectivity index (χ3v) is 4.07. The highest BCUT2D eigenvalue weighted by atomic mass is 14.8. The zero-order valence-electron chi connectivity index (χ0n) is 13.1. The monoisotopic (exact) mass is 308 g/mol. The van der Waals surface area contributed by atoms with E-state index >= 15 is 0 Å². The molecule has 0 amide bonds. The molecule has 0 spiro atoms. The van der Waals surface area contributed by atoms with Gasteiger partial charge in [0, 0.05) is 11.3 Å². The molecule has 2 heteroatoms. The van der Waals surface area contributed by atoms with Gasteiger partial charge >= 0.3 is 0 Å². The summed E-state index contributed by atoms with van der Waals surface area (Å²) in [6.45, 7) is 0. The van der Waals surface area contributed by atoms with E-state index in [1.165, 1.54) is 0 Å². The van der Waals surface area contributed by atoms with Crippen molar-refractivity contribution in [2.45, 2.75) is 6.04 Å². The van der Waals surface area contributed by atoms with Gasteiger partial charge in [-0.05, 0) is 36.3 Å². The molecule has 2 aromatic rings. The molecule has 2 aliphatic rings. The summed E-state index contributed by atoms with van der Waals surface area (Å²) in [5.74, 6) is 6.53. The van der Waals surface area contributed by atoms with Crippen LogP contribution in [0.1, 0.15) is 5.69 Å². The molecule has 114 valence electrons. The van der Waals surface area contributed by atoms with Crippen molar-refractivity contribution in [3.8, 4) is 11.8 Å². The number of hydrogen-bond donors (Lipinski definition) is 0. The Kier molecular flexibility index (Phi) is 3.91. The lowest BCUT2D eigenvalue weighted by Crippen LogP contribution is -2.19. The predicted molar refractivity (Wildman–Crippen MR) is 101 cm³/mol. The van der Waals surface area contributed by atoms with Crippen molar-refractivity contribution < 1.29 is 0 Å². The molecule has 2 nitrogen and oxygen atoms in total. The first-order valence-electron chi connectivity index (χ1n) is 8.03. The number of allylic oxidation sites excluding steroid dienone is 4. The van der Waals surface area contributed by atoms with Crippen LogP contribution in [0.25, 0.3) is 17.0 Å². The Balaban J connectivity index is 1.48. The van der Waals surface area contributed by atoms with Crippen LogP contribution in [0, 0.1) is 17.8 Å². The van der Waals surface area contributed by atoms with Crippen LogP contribution in [-0.4, -0.2) is 16.7 Å². The number of nitrogens with zero attached hydrogens (tertiary/aromatic N) is 2. The number of aliphatic imine (C=N–C) groups is 1. The Hall–Kier alpha value is -3.18. The molecule has 1 aliphatic heterocycles. The second-order valence-electron chi connectivity index (χ2n) is 5.74. The number of pyridine rings is 1. The smallest absolute Gasteiger partial charge is 0.108 e. The summed E-state index contributed by atoms with van der Waals surface area (Å²) in [6, 6.07) is 12.4. The zero-order valence-corrected chi connectivity index (χ0v) is 13.1. The molecule has 1 aromatic carbocycles. The second-order valence-corrected chi connectivity index (χ2v) is 5.74. The largest absolute Gasteiger partial charge is 0.268 e. The second kappa shape index (κ2) is 6.52. The summed E-state index contributed by atoms with van der Waals surface area (Å²) in [5, 5.41) is 1.14. The lowest BCUT2D eigenvalue weighted by Gasteiger charge is -2.20. The number of rotatable bonds is 1. The van der Waals surface area contributed by atoms with Gasteiger partial charge < -0.3 is 0 Å². The number of benzene rings is 1. The van der Waals surface area contributed by atoms with Crippen molar-refractivity contribution in [3.63, 3.8) is 0 Å². The van der Waals surface area contributed by atoms with E-state index in [4.69, 9.17) is 0 Å². The van der Waals surface area contributed by atoms with Crippen LogP contribution in [-0.2, 0) is 0 Å². The first-order chi connectivity index (χ1) is 11.9. The molecule has 2 atom stereocenters. The van der Waals surface area contributed by atoms with E-state index in [0.29, 0.717) is 5.92 Å². The van der Waals surface area contributed by atoms with Gasteiger partial charge in [-0.3, -0.25) is 4.99 Å². The fourth-order valence-corrected chi connectivity index (χ4v) is 2.82. The molecular formula is C22H16N2. The highest BCUT2D eigenvalue weighted by Gasteiger charge is 2.18. The van der Waals surface area contributed by atoms with Gasteiger partial charge in [-0.2, -0.15) is 0 Å².